The summed E-state index contributed by atoms with van der Waals surface area (Å²) in [5.74, 6) is -0.283. The molecule has 2 N–H and O–H groups in total. The molecule has 0 fully saturated rings. The van der Waals surface area contributed by atoms with Crippen molar-refractivity contribution in [2.75, 3.05) is 14.2 Å². The van der Waals surface area contributed by atoms with E-state index in [0.29, 0.717) is 11.5 Å². The quantitative estimate of drug-likeness (QED) is 0.528. The van der Waals surface area contributed by atoms with Gasteiger partial charge in [0, 0.05) is 12.1 Å². The van der Waals surface area contributed by atoms with E-state index in [2.05, 4.69) is 10.0 Å². The number of carbonyl (C=O) groups excluding carboxylic acids is 2. The first-order valence-electron chi connectivity index (χ1n) is 9.44. The monoisotopic (exact) mass is 450 g/mol. The molecule has 0 aliphatic carbocycles. The lowest BCUT2D eigenvalue weighted by Gasteiger charge is -2.18. The Bertz CT molecular complexity index is 1010. The summed E-state index contributed by atoms with van der Waals surface area (Å²) in [5.41, 5.74) is 0.762. The third-order valence-electron chi connectivity index (χ3n) is 4.36. The van der Waals surface area contributed by atoms with Gasteiger partial charge < -0.3 is 19.5 Å². The minimum Gasteiger partial charge on any atom is -0.497 e. The number of hydrogen-bond donors (Lipinski definition) is 2. The summed E-state index contributed by atoms with van der Waals surface area (Å²) in [5, 5.41) is 2.66. The number of ether oxygens (including phenoxy) is 3. The van der Waals surface area contributed by atoms with Crippen LogP contribution in [-0.4, -0.2) is 46.7 Å². The Labute approximate surface area is 181 Å². The highest BCUT2D eigenvalue weighted by atomic mass is 32.2. The molecule has 1 amide bonds. The Balaban J connectivity index is 1.91. The summed E-state index contributed by atoms with van der Waals surface area (Å²) < 4.78 is 42.4. The summed E-state index contributed by atoms with van der Waals surface area (Å²) in [7, 11) is -0.967. The number of nitrogens with one attached hydrogen (secondary N) is 2. The molecule has 2 aromatic carbocycles. The predicted octanol–water partition coefficient (Wildman–Crippen LogP) is 1.62. The van der Waals surface area contributed by atoms with Crippen LogP contribution in [0.15, 0.2) is 53.4 Å². The van der Waals surface area contributed by atoms with Crippen molar-refractivity contribution in [2.24, 2.45) is 0 Å². The van der Waals surface area contributed by atoms with Gasteiger partial charge in [0.1, 0.15) is 17.5 Å². The van der Waals surface area contributed by atoms with Crippen molar-refractivity contribution in [1.82, 2.24) is 10.0 Å². The third kappa shape index (κ3) is 6.69. The standard InChI is InChI=1S/C21H26N2O7S/c1-14(23-31(26,27)18-11-9-17(28-3)10-12-18)21(25)30-15(2)20(24)22-13-16-7-5-6-8-19(16)29-4/h5-12,14-15,23H,13H2,1-4H3,(H,22,24)/t14-,15?/m0/s1. The molecule has 0 heterocycles. The van der Waals surface area contributed by atoms with E-state index in [0.717, 1.165) is 5.56 Å². The van der Waals surface area contributed by atoms with Gasteiger partial charge in [-0.05, 0) is 44.2 Å². The third-order valence-corrected chi connectivity index (χ3v) is 5.92. The Hall–Kier alpha value is -3.11. The Kier molecular flexibility index (Phi) is 8.40. The summed E-state index contributed by atoms with van der Waals surface area (Å²) in [6.07, 6.45) is -1.12. The SMILES string of the molecule is COc1ccc(S(=O)(=O)N[C@@H](C)C(=O)OC(C)C(=O)NCc2ccccc2OC)cc1. The highest BCUT2D eigenvalue weighted by molar-refractivity contribution is 7.89. The molecule has 2 rings (SSSR count). The normalized spacial score (nSPS) is 13.0. The van der Waals surface area contributed by atoms with Crippen LogP contribution in [0.5, 0.6) is 11.5 Å². The zero-order chi connectivity index (χ0) is 23.0. The van der Waals surface area contributed by atoms with Crippen LogP contribution in [-0.2, 0) is 30.9 Å². The molecule has 0 aliphatic heterocycles. The first kappa shape index (κ1) is 24.2. The number of hydrogen-bond acceptors (Lipinski definition) is 7. The lowest BCUT2D eigenvalue weighted by Crippen LogP contribution is -2.43. The van der Waals surface area contributed by atoms with Gasteiger partial charge in [-0.25, -0.2) is 8.42 Å². The number of benzene rings is 2. The molecular weight excluding hydrogens is 424 g/mol. The molecule has 0 radical (unpaired) electrons. The first-order chi connectivity index (χ1) is 14.7. The fourth-order valence-corrected chi connectivity index (χ4v) is 3.80. The van der Waals surface area contributed by atoms with Crippen molar-refractivity contribution in [3.63, 3.8) is 0 Å². The highest BCUT2D eigenvalue weighted by Gasteiger charge is 2.26. The van der Waals surface area contributed by atoms with Crippen molar-refractivity contribution in [3.05, 3.63) is 54.1 Å². The predicted molar refractivity (Wildman–Crippen MR) is 113 cm³/mol. The minimum atomic E-state index is -3.96. The number of esters is 1. The molecule has 10 heteroatoms. The van der Waals surface area contributed by atoms with Gasteiger partial charge in [0.15, 0.2) is 6.10 Å². The van der Waals surface area contributed by atoms with Crippen LogP contribution in [0.4, 0.5) is 0 Å². The van der Waals surface area contributed by atoms with Gasteiger partial charge in [-0.2, -0.15) is 4.72 Å². The topological polar surface area (TPSA) is 120 Å². The zero-order valence-electron chi connectivity index (χ0n) is 17.7. The van der Waals surface area contributed by atoms with Crippen molar-refractivity contribution in [1.29, 1.82) is 0 Å². The molecule has 0 bridgehead atoms. The van der Waals surface area contributed by atoms with E-state index in [-0.39, 0.29) is 11.4 Å². The number of rotatable bonds is 10. The molecular formula is C21H26N2O7S. The zero-order valence-corrected chi connectivity index (χ0v) is 18.6. The maximum atomic E-state index is 12.4. The number of sulfonamides is 1. The van der Waals surface area contributed by atoms with E-state index in [1.165, 1.54) is 52.3 Å². The fraction of sp³-hybridized carbons (Fsp3) is 0.333. The van der Waals surface area contributed by atoms with Crippen molar-refractivity contribution < 1.29 is 32.2 Å². The van der Waals surface area contributed by atoms with Gasteiger partial charge in [0.05, 0.1) is 19.1 Å². The number of methoxy groups -OCH3 is 2. The molecule has 0 aromatic heterocycles. The average molecular weight is 451 g/mol. The first-order valence-corrected chi connectivity index (χ1v) is 10.9. The van der Waals surface area contributed by atoms with Crippen LogP contribution in [0.2, 0.25) is 0 Å². The second-order valence-corrected chi connectivity index (χ2v) is 8.34. The van der Waals surface area contributed by atoms with Crippen LogP contribution >= 0.6 is 0 Å². The van der Waals surface area contributed by atoms with E-state index in [1.807, 2.05) is 12.1 Å². The summed E-state index contributed by atoms with van der Waals surface area (Å²) in [6, 6.07) is 11.7. The van der Waals surface area contributed by atoms with Gasteiger partial charge in [0.2, 0.25) is 10.0 Å². The molecule has 0 saturated carbocycles. The van der Waals surface area contributed by atoms with Gasteiger partial charge in [0.25, 0.3) is 5.91 Å². The molecule has 0 spiro atoms. The molecule has 31 heavy (non-hydrogen) atoms. The Morgan fingerprint density at radius 2 is 1.61 bits per heavy atom. The molecule has 168 valence electrons. The molecule has 0 aliphatic rings. The van der Waals surface area contributed by atoms with Crippen LogP contribution in [0.25, 0.3) is 0 Å². The van der Waals surface area contributed by atoms with E-state index in [9.17, 15) is 18.0 Å². The van der Waals surface area contributed by atoms with Gasteiger partial charge in [-0.15, -0.1) is 0 Å². The van der Waals surface area contributed by atoms with Gasteiger partial charge in [-0.3, -0.25) is 9.59 Å². The van der Waals surface area contributed by atoms with E-state index < -0.39 is 34.0 Å². The minimum absolute atomic E-state index is 0.0319. The molecule has 0 saturated heterocycles. The lowest BCUT2D eigenvalue weighted by atomic mass is 10.2. The molecule has 1 unspecified atom stereocenters. The number of amides is 1. The average Bonchev–Trinajstić information content (AvgIpc) is 2.77. The fourth-order valence-electron chi connectivity index (χ4n) is 2.61. The van der Waals surface area contributed by atoms with E-state index in [4.69, 9.17) is 14.2 Å². The molecule has 2 atom stereocenters. The molecule has 9 nitrogen and oxygen atoms in total. The van der Waals surface area contributed by atoms with Crippen molar-refractivity contribution >= 4 is 21.9 Å². The van der Waals surface area contributed by atoms with E-state index in [1.54, 1.807) is 12.1 Å². The van der Waals surface area contributed by atoms with Crippen molar-refractivity contribution in [3.8, 4) is 11.5 Å². The second kappa shape index (κ2) is 10.8. The molecule has 2 aromatic rings. The van der Waals surface area contributed by atoms with Crippen LogP contribution in [0.3, 0.4) is 0 Å². The van der Waals surface area contributed by atoms with E-state index >= 15 is 0 Å². The smallest absolute Gasteiger partial charge is 0.324 e. The van der Waals surface area contributed by atoms with Crippen LogP contribution in [0.1, 0.15) is 19.4 Å². The highest BCUT2D eigenvalue weighted by Crippen LogP contribution is 2.17. The number of para-hydroxylation sites is 1. The Morgan fingerprint density at radius 3 is 2.23 bits per heavy atom. The summed E-state index contributed by atoms with van der Waals surface area (Å²) in [4.78, 5) is 24.5. The van der Waals surface area contributed by atoms with Crippen LogP contribution in [0, 0.1) is 0 Å². The largest absolute Gasteiger partial charge is 0.497 e. The summed E-state index contributed by atoms with van der Waals surface area (Å²) in [6.45, 7) is 2.92. The van der Waals surface area contributed by atoms with Crippen LogP contribution < -0.4 is 19.5 Å². The Morgan fingerprint density at radius 1 is 0.968 bits per heavy atom. The second-order valence-electron chi connectivity index (χ2n) is 6.63. The lowest BCUT2D eigenvalue weighted by molar-refractivity contribution is -0.156. The maximum absolute atomic E-state index is 12.4. The van der Waals surface area contributed by atoms with Crippen molar-refractivity contribution in [2.45, 2.75) is 37.4 Å². The summed E-state index contributed by atoms with van der Waals surface area (Å²) >= 11 is 0. The maximum Gasteiger partial charge on any atom is 0.324 e. The number of carbonyl (C=O) groups is 2. The van der Waals surface area contributed by atoms with Gasteiger partial charge in [-0.1, -0.05) is 18.2 Å². The van der Waals surface area contributed by atoms with Gasteiger partial charge >= 0.3 is 5.97 Å².